The summed E-state index contributed by atoms with van der Waals surface area (Å²) in [6, 6.07) is 4.83. The molecule has 21 heavy (non-hydrogen) atoms. The molecule has 1 amide bonds. The monoisotopic (exact) mass is 330 g/mol. The summed E-state index contributed by atoms with van der Waals surface area (Å²) in [5.74, 6) is 0.727. The standard InChI is InChI=1S/C15H19FN2OS.ClH/c1-20-14-6-9(2-4-12(14)16)15(19)18-7-10-3-5-13(17)11(10)8-18;/h2,4,6,10-11,13H,3,5,7-8,17H2,1H3;1H. The predicted molar refractivity (Wildman–Crippen MR) is 85.5 cm³/mol. The fourth-order valence-corrected chi connectivity index (χ4v) is 3.96. The number of likely N-dealkylation sites (tertiary alicyclic amines) is 1. The molecule has 1 heterocycles. The van der Waals surface area contributed by atoms with E-state index >= 15 is 0 Å². The van der Waals surface area contributed by atoms with Crippen LogP contribution >= 0.6 is 24.2 Å². The van der Waals surface area contributed by atoms with E-state index in [1.807, 2.05) is 11.2 Å². The van der Waals surface area contributed by atoms with Gasteiger partial charge in [-0.15, -0.1) is 24.2 Å². The number of halogens is 2. The first kappa shape index (κ1) is 16.6. The summed E-state index contributed by atoms with van der Waals surface area (Å²) in [5, 5.41) is 0. The van der Waals surface area contributed by atoms with E-state index in [0.717, 1.165) is 25.9 Å². The molecule has 2 N–H and O–H groups in total. The van der Waals surface area contributed by atoms with Crippen molar-refractivity contribution in [3.63, 3.8) is 0 Å². The van der Waals surface area contributed by atoms with Gasteiger partial charge in [0.15, 0.2) is 0 Å². The molecule has 6 heteroatoms. The van der Waals surface area contributed by atoms with Gasteiger partial charge in [0.05, 0.1) is 0 Å². The van der Waals surface area contributed by atoms with E-state index in [0.29, 0.717) is 22.3 Å². The van der Waals surface area contributed by atoms with Crippen molar-refractivity contribution in [3.8, 4) is 0 Å². The molecule has 1 aromatic carbocycles. The summed E-state index contributed by atoms with van der Waals surface area (Å²) in [7, 11) is 0. The molecule has 0 radical (unpaired) electrons. The minimum absolute atomic E-state index is 0. The highest BCUT2D eigenvalue weighted by Gasteiger charge is 2.42. The zero-order valence-electron chi connectivity index (χ0n) is 11.9. The van der Waals surface area contributed by atoms with E-state index in [9.17, 15) is 9.18 Å². The predicted octanol–water partition coefficient (Wildman–Crippen LogP) is 2.78. The van der Waals surface area contributed by atoms with Gasteiger partial charge in [0.1, 0.15) is 5.82 Å². The van der Waals surface area contributed by atoms with Crippen molar-refractivity contribution in [1.82, 2.24) is 4.90 Å². The van der Waals surface area contributed by atoms with Crippen LogP contribution in [0.3, 0.4) is 0 Å². The van der Waals surface area contributed by atoms with Crippen LogP contribution in [0.2, 0.25) is 0 Å². The Morgan fingerprint density at radius 3 is 2.81 bits per heavy atom. The second-order valence-corrected chi connectivity index (χ2v) is 6.57. The van der Waals surface area contributed by atoms with Gasteiger partial charge < -0.3 is 10.6 Å². The van der Waals surface area contributed by atoms with E-state index in [4.69, 9.17) is 5.73 Å². The topological polar surface area (TPSA) is 46.3 Å². The second kappa shape index (κ2) is 6.55. The Kier molecular flexibility index (Phi) is 5.17. The van der Waals surface area contributed by atoms with Gasteiger partial charge in [-0.05, 0) is 49.1 Å². The Hall–Kier alpha value is -0.780. The number of nitrogens with two attached hydrogens (primary N) is 1. The number of hydrogen-bond acceptors (Lipinski definition) is 3. The minimum Gasteiger partial charge on any atom is -0.338 e. The lowest BCUT2D eigenvalue weighted by atomic mass is 9.98. The van der Waals surface area contributed by atoms with Gasteiger partial charge >= 0.3 is 0 Å². The number of rotatable bonds is 2. The van der Waals surface area contributed by atoms with Crippen LogP contribution in [0.1, 0.15) is 23.2 Å². The Labute approximate surface area is 134 Å². The Morgan fingerprint density at radius 2 is 2.14 bits per heavy atom. The smallest absolute Gasteiger partial charge is 0.253 e. The molecular formula is C15H20ClFN2OS. The van der Waals surface area contributed by atoms with Crippen LogP contribution in [-0.2, 0) is 0 Å². The number of carbonyl (C=O) groups excluding carboxylic acids is 1. The molecule has 1 aliphatic heterocycles. The van der Waals surface area contributed by atoms with E-state index in [2.05, 4.69) is 0 Å². The van der Waals surface area contributed by atoms with Gasteiger partial charge in [0, 0.05) is 29.6 Å². The third-order valence-corrected chi connectivity index (χ3v) is 5.35. The van der Waals surface area contributed by atoms with Gasteiger partial charge in [-0.3, -0.25) is 4.79 Å². The van der Waals surface area contributed by atoms with E-state index in [1.165, 1.54) is 17.8 Å². The largest absolute Gasteiger partial charge is 0.338 e. The maximum absolute atomic E-state index is 13.5. The van der Waals surface area contributed by atoms with Gasteiger partial charge in [-0.1, -0.05) is 0 Å². The lowest BCUT2D eigenvalue weighted by Crippen LogP contribution is -2.33. The zero-order valence-corrected chi connectivity index (χ0v) is 13.6. The highest BCUT2D eigenvalue weighted by molar-refractivity contribution is 7.98. The number of amides is 1. The van der Waals surface area contributed by atoms with Crippen molar-refractivity contribution in [2.75, 3.05) is 19.3 Å². The van der Waals surface area contributed by atoms with Crippen molar-refractivity contribution in [3.05, 3.63) is 29.6 Å². The van der Waals surface area contributed by atoms with E-state index in [1.54, 1.807) is 12.1 Å². The number of hydrogen-bond donors (Lipinski definition) is 1. The summed E-state index contributed by atoms with van der Waals surface area (Å²) in [4.78, 5) is 14.9. The number of nitrogens with zero attached hydrogens (tertiary/aromatic N) is 1. The third-order valence-electron chi connectivity index (χ3n) is 4.60. The van der Waals surface area contributed by atoms with Crippen LogP contribution in [0.5, 0.6) is 0 Å². The summed E-state index contributed by atoms with van der Waals surface area (Å²) in [6.07, 6.45) is 4.01. The number of fused-ring (bicyclic) bond motifs is 1. The van der Waals surface area contributed by atoms with E-state index in [-0.39, 0.29) is 30.2 Å². The average Bonchev–Trinajstić information content (AvgIpc) is 3.01. The molecule has 0 spiro atoms. The van der Waals surface area contributed by atoms with E-state index < -0.39 is 0 Å². The molecule has 0 bridgehead atoms. The highest BCUT2D eigenvalue weighted by Crippen LogP contribution is 2.37. The lowest BCUT2D eigenvalue weighted by Gasteiger charge is -2.19. The first-order chi connectivity index (χ1) is 9.60. The maximum Gasteiger partial charge on any atom is 0.253 e. The molecule has 3 rings (SSSR count). The summed E-state index contributed by atoms with van der Waals surface area (Å²) in [6.45, 7) is 1.54. The molecule has 3 nitrogen and oxygen atoms in total. The fraction of sp³-hybridized carbons (Fsp3) is 0.533. The fourth-order valence-electron chi connectivity index (χ4n) is 3.45. The van der Waals surface area contributed by atoms with Crippen molar-refractivity contribution in [2.24, 2.45) is 17.6 Å². The van der Waals surface area contributed by atoms with Crippen molar-refractivity contribution >= 4 is 30.1 Å². The minimum atomic E-state index is -0.269. The molecule has 116 valence electrons. The zero-order chi connectivity index (χ0) is 14.3. The first-order valence-corrected chi connectivity index (χ1v) is 8.21. The summed E-state index contributed by atoms with van der Waals surface area (Å²) < 4.78 is 13.5. The SMILES string of the molecule is CSc1cc(C(=O)N2CC3CCC(N)C3C2)ccc1F.Cl. The van der Waals surface area contributed by atoms with Crippen molar-refractivity contribution in [1.29, 1.82) is 0 Å². The molecule has 2 fully saturated rings. The quantitative estimate of drug-likeness (QED) is 0.848. The summed E-state index contributed by atoms with van der Waals surface area (Å²) in [5.41, 5.74) is 6.67. The van der Waals surface area contributed by atoms with Gasteiger partial charge in [-0.2, -0.15) is 0 Å². The number of thioether (sulfide) groups is 1. The second-order valence-electron chi connectivity index (χ2n) is 5.72. The van der Waals surface area contributed by atoms with Crippen LogP contribution < -0.4 is 5.73 Å². The Bertz CT molecular complexity index is 542. The molecule has 1 saturated carbocycles. The van der Waals surface area contributed by atoms with Crippen molar-refractivity contribution < 1.29 is 9.18 Å². The lowest BCUT2D eigenvalue weighted by molar-refractivity contribution is 0.0779. The molecule has 0 aromatic heterocycles. The normalized spacial score (nSPS) is 27.4. The molecule has 3 unspecified atom stereocenters. The summed E-state index contributed by atoms with van der Waals surface area (Å²) >= 11 is 1.32. The number of carbonyl (C=O) groups is 1. The van der Waals surface area contributed by atoms with Crippen LogP contribution in [0.25, 0.3) is 0 Å². The molecule has 3 atom stereocenters. The van der Waals surface area contributed by atoms with Gasteiger partial charge in [0.25, 0.3) is 5.91 Å². The average molecular weight is 331 g/mol. The van der Waals surface area contributed by atoms with Gasteiger partial charge in [-0.25, -0.2) is 4.39 Å². The maximum atomic E-state index is 13.5. The number of benzene rings is 1. The molecular weight excluding hydrogens is 311 g/mol. The van der Waals surface area contributed by atoms with Crippen LogP contribution in [0, 0.1) is 17.7 Å². The third kappa shape index (κ3) is 3.05. The molecule has 2 aliphatic rings. The molecule has 1 saturated heterocycles. The molecule has 1 aliphatic carbocycles. The van der Waals surface area contributed by atoms with Crippen molar-refractivity contribution in [2.45, 2.75) is 23.8 Å². The van der Waals surface area contributed by atoms with Crippen LogP contribution in [-0.4, -0.2) is 36.2 Å². The van der Waals surface area contributed by atoms with Crippen LogP contribution in [0.15, 0.2) is 23.1 Å². The van der Waals surface area contributed by atoms with Gasteiger partial charge in [0.2, 0.25) is 0 Å². The Balaban J connectivity index is 0.00000161. The molecule has 1 aromatic rings. The Morgan fingerprint density at radius 1 is 1.38 bits per heavy atom. The highest BCUT2D eigenvalue weighted by atomic mass is 35.5. The first-order valence-electron chi connectivity index (χ1n) is 6.98. The van der Waals surface area contributed by atoms with Crippen LogP contribution in [0.4, 0.5) is 4.39 Å².